The Hall–Kier alpha value is -2.08. The third kappa shape index (κ3) is 3.17. The van der Waals surface area contributed by atoms with Crippen LogP contribution in [0.3, 0.4) is 0 Å². The highest BCUT2D eigenvalue weighted by molar-refractivity contribution is 6.17. The van der Waals surface area contributed by atoms with Crippen LogP contribution in [0.2, 0.25) is 0 Å². The number of fused-ring (bicyclic) bond motifs is 5. The molecular weight excluding hydrogens is 420 g/mol. The van der Waals surface area contributed by atoms with Gasteiger partial charge in [-0.2, -0.15) is 0 Å². The van der Waals surface area contributed by atoms with E-state index in [1.165, 1.54) is 5.57 Å². The first-order valence-electron chi connectivity index (χ1n) is 11.0. The third-order valence-electron chi connectivity index (χ3n) is 8.10. The van der Waals surface area contributed by atoms with E-state index < -0.39 is 23.1 Å². The van der Waals surface area contributed by atoms with Gasteiger partial charge in [0.05, 0.1) is 6.61 Å². The molecule has 0 aliphatic heterocycles. The molecule has 4 aliphatic rings. The number of ether oxygens (including phenoxy) is 3. The lowest BCUT2D eigenvalue weighted by Gasteiger charge is -2.53. The van der Waals surface area contributed by atoms with Gasteiger partial charge in [-0.05, 0) is 69.9 Å². The van der Waals surface area contributed by atoms with Crippen LogP contribution < -0.4 is 0 Å². The molecular formula is C24H29ClO6. The molecule has 2 fully saturated rings. The van der Waals surface area contributed by atoms with Crippen molar-refractivity contribution in [3.8, 4) is 0 Å². The number of hydrogen-bond donors (Lipinski definition) is 0. The molecule has 7 heteroatoms. The molecule has 2 saturated carbocycles. The monoisotopic (exact) mass is 448 g/mol. The van der Waals surface area contributed by atoms with Crippen molar-refractivity contribution in [1.82, 2.24) is 0 Å². The van der Waals surface area contributed by atoms with Crippen molar-refractivity contribution in [2.24, 2.45) is 22.7 Å². The van der Waals surface area contributed by atoms with Gasteiger partial charge in [-0.3, -0.25) is 4.79 Å². The molecule has 0 bridgehead atoms. The second kappa shape index (κ2) is 7.80. The third-order valence-corrected chi connectivity index (χ3v) is 8.21. The standard InChI is InChI=1S/C24H29ClO6/c1-4-29-21(28)31-24(20(27)30-14-25)12-9-19-17-6-5-15-13-16(26)7-10-22(15,2)18(17)8-11-23(19,24)3/h7-8,10,13,17,19H,4-6,9,11-12,14H2,1-3H3/t17?,19-,22-,23-,24-/m0/s1. The van der Waals surface area contributed by atoms with Crippen LogP contribution in [0.5, 0.6) is 0 Å². The highest BCUT2D eigenvalue weighted by Gasteiger charge is 2.68. The summed E-state index contributed by atoms with van der Waals surface area (Å²) < 4.78 is 16.0. The maximum atomic E-state index is 13.1. The molecule has 1 unspecified atom stereocenters. The quantitative estimate of drug-likeness (QED) is 0.347. The van der Waals surface area contributed by atoms with E-state index in [0.29, 0.717) is 12.8 Å². The van der Waals surface area contributed by atoms with Gasteiger partial charge in [-0.15, -0.1) is 0 Å². The summed E-state index contributed by atoms with van der Waals surface area (Å²) in [5.41, 5.74) is 0.106. The van der Waals surface area contributed by atoms with Crippen LogP contribution in [-0.2, 0) is 23.8 Å². The lowest BCUT2D eigenvalue weighted by Crippen LogP contribution is -2.57. The van der Waals surface area contributed by atoms with E-state index in [1.54, 1.807) is 19.1 Å². The van der Waals surface area contributed by atoms with E-state index >= 15 is 0 Å². The number of carbonyl (C=O) groups is 3. The number of halogens is 1. The van der Waals surface area contributed by atoms with Crippen molar-refractivity contribution in [1.29, 1.82) is 0 Å². The Labute approximate surface area is 187 Å². The zero-order valence-electron chi connectivity index (χ0n) is 18.2. The minimum Gasteiger partial charge on any atom is -0.446 e. The molecule has 5 atom stereocenters. The van der Waals surface area contributed by atoms with Gasteiger partial charge in [-0.1, -0.05) is 41.8 Å². The van der Waals surface area contributed by atoms with Crippen molar-refractivity contribution >= 4 is 29.5 Å². The van der Waals surface area contributed by atoms with E-state index in [1.807, 2.05) is 13.0 Å². The molecule has 0 N–H and O–H groups in total. The van der Waals surface area contributed by atoms with Gasteiger partial charge in [0, 0.05) is 10.8 Å². The topological polar surface area (TPSA) is 78.9 Å². The molecule has 0 heterocycles. The molecule has 0 radical (unpaired) electrons. The number of carbonyl (C=O) groups excluding carboxylic acids is 3. The first-order valence-corrected chi connectivity index (χ1v) is 11.5. The maximum absolute atomic E-state index is 13.1. The van der Waals surface area contributed by atoms with E-state index in [9.17, 15) is 14.4 Å². The highest BCUT2D eigenvalue weighted by atomic mass is 35.5. The number of ketones is 1. The summed E-state index contributed by atoms with van der Waals surface area (Å²) >= 11 is 5.70. The SMILES string of the molecule is CCOC(=O)O[C@]1(C(=O)OCCl)CC[C@H]2C3CCC4=CC(=O)C=C[C@]4(C)C3=CC[C@@]21C. The zero-order valence-corrected chi connectivity index (χ0v) is 19.0. The fourth-order valence-corrected chi connectivity index (χ4v) is 6.62. The fourth-order valence-electron chi connectivity index (χ4n) is 6.52. The number of alkyl halides is 1. The van der Waals surface area contributed by atoms with Crippen molar-refractivity contribution in [3.63, 3.8) is 0 Å². The molecule has 0 saturated heterocycles. The van der Waals surface area contributed by atoms with E-state index in [4.69, 9.17) is 25.8 Å². The molecule has 0 aromatic rings. The van der Waals surface area contributed by atoms with Crippen molar-refractivity contribution in [2.45, 2.75) is 58.5 Å². The molecule has 4 aliphatic carbocycles. The molecule has 0 spiro atoms. The lowest BCUT2D eigenvalue weighted by molar-refractivity contribution is -0.182. The molecule has 4 rings (SSSR count). The second-order valence-corrected chi connectivity index (χ2v) is 9.55. The van der Waals surface area contributed by atoms with Crippen LogP contribution in [0, 0.1) is 22.7 Å². The van der Waals surface area contributed by atoms with Gasteiger partial charge in [0.15, 0.2) is 11.8 Å². The molecule has 168 valence electrons. The average molecular weight is 449 g/mol. The Morgan fingerprint density at radius 3 is 2.71 bits per heavy atom. The maximum Gasteiger partial charge on any atom is 0.509 e. The summed E-state index contributed by atoms with van der Waals surface area (Å²) in [5, 5.41) is 0. The zero-order chi connectivity index (χ0) is 22.4. The predicted octanol–water partition coefficient (Wildman–Crippen LogP) is 4.87. The smallest absolute Gasteiger partial charge is 0.446 e. The largest absolute Gasteiger partial charge is 0.509 e. The summed E-state index contributed by atoms with van der Waals surface area (Å²) in [7, 11) is 0. The summed E-state index contributed by atoms with van der Waals surface area (Å²) in [6.45, 7) is 6.03. The number of rotatable bonds is 4. The minimum absolute atomic E-state index is 0.0405. The summed E-state index contributed by atoms with van der Waals surface area (Å²) in [4.78, 5) is 37.4. The second-order valence-electron chi connectivity index (χ2n) is 9.33. The average Bonchev–Trinajstić information content (AvgIpc) is 3.02. The van der Waals surface area contributed by atoms with Crippen LogP contribution >= 0.6 is 11.6 Å². The first-order chi connectivity index (χ1) is 14.7. The van der Waals surface area contributed by atoms with E-state index in [0.717, 1.165) is 24.8 Å². The molecule has 0 aromatic carbocycles. The molecule has 0 amide bonds. The molecule has 0 aromatic heterocycles. The Kier molecular flexibility index (Phi) is 5.57. The Bertz CT molecular complexity index is 904. The van der Waals surface area contributed by atoms with Crippen molar-refractivity contribution < 1.29 is 28.6 Å². The Morgan fingerprint density at radius 1 is 1.23 bits per heavy atom. The van der Waals surface area contributed by atoms with Crippen LogP contribution in [0.25, 0.3) is 0 Å². The van der Waals surface area contributed by atoms with Crippen LogP contribution in [0.4, 0.5) is 4.79 Å². The van der Waals surface area contributed by atoms with Gasteiger partial charge in [0.1, 0.15) is 0 Å². The number of hydrogen-bond acceptors (Lipinski definition) is 6. The summed E-state index contributed by atoms with van der Waals surface area (Å²) in [6, 6.07) is -0.302. The Balaban J connectivity index is 1.74. The number of esters is 1. The lowest BCUT2D eigenvalue weighted by atomic mass is 9.51. The van der Waals surface area contributed by atoms with Gasteiger partial charge in [0.2, 0.25) is 5.60 Å². The van der Waals surface area contributed by atoms with Crippen molar-refractivity contribution in [3.05, 3.63) is 35.5 Å². The highest BCUT2D eigenvalue weighted by Crippen LogP contribution is 2.66. The predicted molar refractivity (Wildman–Crippen MR) is 114 cm³/mol. The van der Waals surface area contributed by atoms with Gasteiger partial charge in [0.25, 0.3) is 0 Å². The van der Waals surface area contributed by atoms with Crippen LogP contribution in [0.15, 0.2) is 35.5 Å². The normalized spacial score (nSPS) is 38.3. The number of allylic oxidation sites excluding steroid dienone is 6. The van der Waals surface area contributed by atoms with Crippen molar-refractivity contribution in [2.75, 3.05) is 12.7 Å². The van der Waals surface area contributed by atoms with Gasteiger partial charge >= 0.3 is 12.1 Å². The van der Waals surface area contributed by atoms with Gasteiger partial charge < -0.3 is 14.2 Å². The molecule has 31 heavy (non-hydrogen) atoms. The fraction of sp³-hybridized carbons (Fsp3) is 0.625. The van der Waals surface area contributed by atoms with Crippen LogP contribution in [-0.4, -0.2) is 36.2 Å². The Morgan fingerprint density at radius 2 is 2.00 bits per heavy atom. The van der Waals surface area contributed by atoms with Crippen LogP contribution in [0.1, 0.15) is 52.9 Å². The minimum atomic E-state index is -1.43. The molecule has 6 nitrogen and oxygen atoms in total. The van der Waals surface area contributed by atoms with E-state index in [-0.39, 0.29) is 35.7 Å². The summed E-state index contributed by atoms with van der Waals surface area (Å²) in [5.74, 6) is -0.202. The first kappa shape index (κ1) is 22.1. The van der Waals surface area contributed by atoms with Gasteiger partial charge in [-0.25, -0.2) is 9.59 Å². The summed E-state index contributed by atoms with van der Waals surface area (Å²) in [6.07, 6.45) is 10.2. The van der Waals surface area contributed by atoms with E-state index in [2.05, 4.69) is 13.0 Å².